The number of aryl methyl sites for hydroxylation is 1. The maximum Gasteiger partial charge on any atom is 0.339 e. The Morgan fingerprint density at radius 2 is 1.72 bits per heavy atom. The van der Waals surface area contributed by atoms with E-state index in [0.29, 0.717) is 11.3 Å². The van der Waals surface area contributed by atoms with E-state index in [2.05, 4.69) is 33.0 Å². The van der Waals surface area contributed by atoms with Gasteiger partial charge in [-0.15, -0.1) is 0 Å². The summed E-state index contributed by atoms with van der Waals surface area (Å²) in [5.41, 5.74) is 1.81. The van der Waals surface area contributed by atoms with Gasteiger partial charge in [-0.1, -0.05) is 19.1 Å². The van der Waals surface area contributed by atoms with Crippen molar-refractivity contribution in [2.75, 3.05) is 32.1 Å². The Morgan fingerprint density at radius 1 is 1.12 bits per heavy atom. The highest BCUT2D eigenvalue weighted by molar-refractivity contribution is 6.03. The molecule has 140 valence electrons. The molecule has 1 aromatic carbocycles. The van der Waals surface area contributed by atoms with Crippen LogP contribution in [0.3, 0.4) is 0 Å². The molecule has 1 unspecified atom stereocenters. The van der Waals surface area contributed by atoms with Gasteiger partial charge in [0.15, 0.2) is 6.04 Å². The minimum absolute atomic E-state index is 0.0214. The number of carbonyl (C=O) groups is 2. The van der Waals surface area contributed by atoms with Crippen molar-refractivity contribution in [3.05, 3.63) is 29.3 Å². The van der Waals surface area contributed by atoms with Gasteiger partial charge in [-0.3, -0.25) is 4.79 Å². The number of nitrogens with zero attached hydrogens (tertiary/aromatic N) is 1. The maximum absolute atomic E-state index is 13.2. The fourth-order valence-corrected chi connectivity index (χ4v) is 3.58. The first-order valence-electron chi connectivity index (χ1n) is 9.25. The molecular weight excluding hydrogens is 316 g/mol. The number of hydrogen-bond donors (Lipinski definition) is 1. The Bertz CT molecular complexity index is 586. The van der Waals surface area contributed by atoms with Gasteiger partial charge in [0.25, 0.3) is 5.91 Å². The number of ether oxygens (including phenoxy) is 1. The highest BCUT2D eigenvalue weighted by Crippen LogP contribution is 2.25. The van der Waals surface area contributed by atoms with E-state index in [4.69, 9.17) is 4.74 Å². The number of likely N-dealkylation sites (N-methyl/N-ethyl adjacent to an activating group) is 1. The summed E-state index contributed by atoms with van der Waals surface area (Å²) < 4.78 is 5.61. The van der Waals surface area contributed by atoms with Crippen LogP contribution >= 0.6 is 0 Å². The van der Waals surface area contributed by atoms with Crippen LogP contribution < -0.4 is 5.32 Å². The van der Waals surface area contributed by atoms with Crippen LogP contribution in [0.5, 0.6) is 0 Å². The third-order valence-corrected chi connectivity index (χ3v) is 5.34. The van der Waals surface area contributed by atoms with Crippen molar-refractivity contribution >= 4 is 17.6 Å². The number of rotatable bonds is 9. The second-order valence-corrected chi connectivity index (χ2v) is 6.45. The molecule has 1 atom stereocenters. The van der Waals surface area contributed by atoms with Gasteiger partial charge in [-0.25, -0.2) is 4.79 Å². The average Bonchev–Trinajstić information content (AvgIpc) is 2.63. The van der Waals surface area contributed by atoms with Crippen LogP contribution in [0.25, 0.3) is 0 Å². The predicted molar refractivity (Wildman–Crippen MR) is 102 cm³/mol. The molecular formula is C20H33N2O3+. The standard InChI is InChI=1S/C20H32N2O3/c1-7-12-17(22(8-2,9-3)10-4)19(23)21-18-15(5)13-11-14-16(18)20(24)25-6/h11,13-14,17H,7-10,12H2,1-6H3/p+1. The molecule has 0 aliphatic carbocycles. The molecule has 0 aromatic heterocycles. The first-order valence-corrected chi connectivity index (χ1v) is 9.25. The number of carbonyl (C=O) groups excluding carboxylic acids is 2. The quantitative estimate of drug-likeness (QED) is 0.545. The Balaban J connectivity index is 3.24. The van der Waals surface area contributed by atoms with E-state index in [9.17, 15) is 9.59 Å². The third-order valence-electron chi connectivity index (χ3n) is 5.34. The lowest BCUT2D eigenvalue weighted by Gasteiger charge is -2.42. The van der Waals surface area contributed by atoms with Gasteiger partial charge in [-0.2, -0.15) is 0 Å². The van der Waals surface area contributed by atoms with Crippen molar-refractivity contribution in [2.45, 2.75) is 53.5 Å². The van der Waals surface area contributed by atoms with Gasteiger partial charge in [0.1, 0.15) is 0 Å². The van der Waals surface area contributed by atoms with E-state index in [1.54, 1.807) is 12.1 Å². The second-order valence-electron chi connectivity index (χ2n) is 6.45. The average molecular weight is 349 g/mol. The summed E-state index contributed by atoms with van der Waals surface area (Å²) in [6.45, 7) is 13.1. The molecule has 0 saturated heterocycles. The normalized spacial score (nSPS) is 12.6. The zero-order valence-corrected chi connectivity index (χ0v) is 16.5. The molecule has 0 radical (unpaired) electrons. The summed E-state index contributed by atoms with van der Waals surface area (Å²) >= 11 is 0. The summed E-state index contributed by atoms with van der Waals surface area (Å²) in [5, 5.41) is 3.03. The molecule has 5 nitrogen and oxygen atoms in total. The molecule has 0 spiro atoms. The van der Waals surface area contributed by atoms with Crippen LogP contribution in [0.2, 0.25) is 0 Å². The van der Waals surface area contributed by atoms with Crippen LogP contribution in [0.1, 0.15) is 56.5 Å². The molecule has 1 aromatic rings. The van der Waals surface area contributed by atoms with Crippen LogP contribution in [-0.4, -0.2) is 49.1 Å². The van der Waals surface area contributed by atoms with Gasteiger partial charge in [0.05, 0.1) is 38.0 Å². The SMILES string of the molecule is CCCC(C(=O)Nc1c(C)cccc1C(=O)OC)[N+](CC)(CC)CC. The molecule has 0 bridgehead atoms. The zero-order valence-electron chi connectivity index (χ0n) is 16.5. The topological polar surface area (TPSA) is 55.4 Å². The largest absolute Gasteiger partial charge is 0.465 e. The summed E-state index contributed by atoms with van der Waals surface area (Å²) in [6, 6.07) is 5.24. The van der Waals surface area contributed by atoms with Gasteiger partial charge in [0, 0.05) is 6.42 Å². The molecule has 1 rings (SSSR count). The fourth-order valence-electron chi connectivity index (χ4n) is 3.58. The lowest BCUT2D eigenvalue weighted by Crippen LogP contribution is -2.59. The number of nitrogens with one attached hydrogen (secondary N) is 1. The number of benzene rings is 1. The van der Waals surface area contributed by atoms with Crippen molar-refractivity contribution in [2.24, 2.45) is 0 Å². The van der Waals surface area contributed by atoms with E-state index in [1.165, 1.54) is 7.11 Å². The van der Waals surface area contributed by atoms with Crippen molar-refractivity contribution in [3.63, 3.8) is 0 Å². The second kappa shape index (κ2) is 9.56. The maximum atomic E-state index is 13.2. The number of amides is 1. The molecule has 1 N–H and O–H groups in total. The number of para-hydroxylation sites is 1. The van der Waals surface area contributed by atoms with Crippen molar-refractivity contribution in [1.29, 1.82) is 0 Å². The van der Waals surface area contributed by atoms with Crippen LogP contribution in [0.4, 0.5) is 5.69 Å². The summed E-state index contributed by atoms with van der Waals surface area (Å²) in [7, 11) is 1.35. The Kier molecular flexibility index (Phi) is 8.10. The molecule has 25 heavy (non-hydrogen) atoms. The van der Waals surface area contributed by atoms with Crippen LogP contribution in [-0.2, 0) is 9.53 Å². The lowest BCUT2D eigenvalue weighted by molar-refractivity contribution is -0.938. The number of esters is 1. The molecule has 0 saturated carbocycles. The van der Waals surface area contributed by atoms with Gasteiger partial charge < -0.3 is 14.5 Å². The van der Waals surface area contributed by atoms with Gasteiger partial charge in [0.2, 0.25) is 0 Å². The third kappa shape index (κ3) is 4.60. The highest BCUT2D eigenvalue weighted by atomic mass is 16.5. The van der Waals surface area contributed by atoms with Crippen LogP contribution in [0.15, 0.2) is 18.2 Å². The molecule has 0 aliphatic heterocycles. The minimum Gasteiger partial charge on any atom is -0.465 e. The minimum atomic E-state index is -0.437. The Labute approximate surface area is 151 Å². The summed E-state index contributed by atoms with van der Waals surface area (Å²) in [6.07, 6.45) is 1.76. The number of hydrogen-bond acceptors (Lipinski definition) is 3. The smallest absolute Gasteiger partial charge is 0.339 e. The van der Waals surface area contributed by atoms with Crippen molar-refractivity contribution in [1.82, 2.24) is 0 Å². The predicted octanol–water partition coefficient (Wildman–Crippen LogP) is 3.77. The van der Waals surface area contributed by atoms with Crippen molar-refractivity contribution in [3.8, 4) is 0 Å². The van der Waals surface area contributed by atoms with E-state index < -0.39 is 5.97 Å². The number of quaternary nitrogens is 1. The van der Waals surface area contributed by atoms with E-state index in [1.807, 2.05) is 13.0 Å². The molecule has 5 heteroatoms. The van der Waals surface area contributed by atoms with E-state index in [-0.39, 0.29) is 11.9 Å². The number of methoxy groups -OCH3 is 1. The van der Waals surface area contributed by atoms with Crippen molar-refractivity contribution < 1.29 is 18.8 Å². The zero-order chi connectivity index (χ0) is 19.0. The summed E-state index contributed by atoms with van der Waals surface area (Å²) in [5.74, 6) is -0.458. The van der Waals surface area contributed by atoms with Gasteiger partial charge in [-0.05, 0) is 45.7 Å². The van der Waals surface area contributed by atoms with Crippen LogP contribution in [0, 0.1) is 6.92 Å². The first kappa shape index (κ1) is 21.2. The fraction of sp³-hybridized carbons (Fsp3) is 0.600. The Morgan fingerprint density at radius 3 is 2.20 bits per heavy atom. The lowest BCUT2D eigenvalue weighted by atomic mass is 10.0. The number of anilines is 1. The molecule has 0 fully saturated rings. The van der Waals surface area contributed by atoms with E-state index in [0.717, 1.165) is 42.5 Å². The Hall–Kier alpha value is -1.88. The highest BCUT2D eigenvalue weighted by Gasteiger charge is 2.38. The van der Waals surface area contributed by atoms with E-state index >= 15 is 0 Å². The first-order chi connectivity index (χ1) is 11.9. The van der Waals surface area contributed by atoms with Gasteiger partial charge >= 0.3 is 5.97 Å². The molecule has 0 aliphatic rings. The monoisotopic (exact) mass is 349 g/mol. The molecule has 0 heterocycles. The molecule has 1 amide bonds. The summed E-state index contributed by atoms with van der Waals surface area (Å²) in [4.78, 5) is 25.2.